The molecular formula is C14H18FN5. The minimum atomic E-state index is -0.231. The van der Waals surface area contributed by atoms with Crippen molar-refractivity contribution in [2.75, 3.05) is 13.6 Å². The zero-order valence-electron chi connectivity index (χ0n) is 11.4. The van der Waals surface area contributed by atoms with Crippen LogP contribution in [-0.4, -0.2) is 29.3 Å². The first kappa shape index (κ1) is 14.0. The number of guanidine groups is 1. The first-order chi connectivity index (χ1) is 9.78. The smallest absolute Gasteiger partial charge is 0.191 e. The van der Waals surface area contributed by atoms with Crippen molar-refractivity contribution >= 4 is 5.96 Å². The van der Waals surface area contributed by atoms with Crippen LogP contribution in [0.1, 0.15) is 5.56 Å². The number of hydrogen-bond acceptors (Lipinski definition) is 2. The van der Waals surface area contributed by atoms with Crippen molar-refractivity contribution in [2.45, 2.75) is 13.1 Å². The topological polar surface area (TPSA) is 54.2 Å². The maximum absolute atomic E-state index is 13.0. The predicted octanol–water partition coefficient (Wildman–Crippen LogP) is 1.39. The molecule has 0 aliphatic carbocycles. The van der Waals surface area contributed by atoms with Gasteiger partial charge in [-0.25, -0.2) is 4.39 Å². The second-order valence-corrected chi connectivity index (χ2v) is 4.25. The van der Waals surface area contributed by atoms with Crippen LogP contribution in [-0.2, 0) is 13.1 Å². The molecule has 0 saturated heterocycles. The van der Waals surface area contributed by atoms with Gasteiger partial charge < -0.3 is 10.6 Å². The summed E-state index contributed by atoms with van der Waals surface area (Å²) in [5.74, 6) is 0.451. The van der Waals surface area contributed by atoms with Gasteiger partial charge in [0, 0.05) is 32.5 Å². The Kier molecular flexibility index (Phi) is 5.11. The molecule has 20 heavy (non-hydrogen) atoms. The highest BCUT2D eigenvalue weighted by Gasteiger charge is 1.99. The zero-order chi connectivity index (χ0) is 14.2. The Labute approximate surface area is 117 Å². The summed E-state index contributed by atoms with van der Waals surface area (Å²) in [5.41, 5.74) is 0.875. The van der Waals surface area contributed by atoms with Gasteiger partial charge in [0.1, 0.15) is 5.82 Å². The van der Waals surface area contributed by atoms with Gasteiger partial charge in [-0.1, -0.05) is 12.1 Å². The second-order valence-electron chi connectivity index (χ2n) is 4.25. The third-order valence-corrected chi connectivity index (χ3v) is 2.77. The van der Waals surface area contributed by atoms with Crippen LogP contribution in [0.15, 0.2) is 47.7 Å². The number of hydrogen-bond donors (Lipinski definition) is 2. The van der Waals surface area contributed by atoms with Gasteiger partial charge in [-0.3, -0.25) is 9.67 Å². The molecule has 0 fully saturated rings. The molecule has 5 nitrogen and oxygen atoms in total. The standard InChI is InChI=1S/C14H18FN5/c1-16-14(17-7-9-20-8-3-6-19-20)18-11-12-4-2-5-13(15)10-12/h2-6,8,10H,7,9,11H2,1H3,(H2,16,17,18). The van der Waals surface area contributed by atoms with Crippen LogP contribution in [0.4, 0.5) is 4.39 Å². The first-order valence-corrected chi connectivity index (χ1v) is 6.44. The molecule has 1 heterocycles. The monoisotopic (exact) mass is 275 g/mol. The molecule has 0 amide bonds. The van der Waals surface area contributed by atoms with Gasteiger partial charge in [-0.15, -0.1) is 0 Å². The van der Waals surface area contributed by atoms with E-state index in [2.05, 4.69) is 20.7 Å². The van der Waals surface area contributed by atoms with Crippen LogP contribution in [0, 0.1) is 5.82 Å². The average molecular weight is 275 g/mol. The van der Waals surface area contributed by atoms with Gasteiger partial charge in [0.2, 0.25) is 0 Å². The Morgan fingerprint density at radius 3 is 2.95 bits per heavy atom. The molecule has 0 bridgehead atoms. The molecule has 0 aliphatic heterocycles. The van der Waals surface area contributed by atoms with Crippen molar-refractivity contribution < 1.29 is 4.39 Å². The van der Waals surface area contributed by atoms with E-state index in [-0.39, 0.29) is 5.82 Å². The molecule has 2 aromatic rings. The van der Waals surface area contributed by atoms with Gasteiger partial charge in [-0.05, 0) is 23.8 Å². The van der Waals surface area contributed by atoms with Gasteiger partial charge in [0.15, 0.2) is 5.96 Å². The lowest BCUT2D eigenvalue weighted by atomic mass is 10.2. The molecule has 0 unspecified atom stereocenters. The SMILES string of the molecule is CN=C(NCCn1cccn1)NCc1cccc(F)c1. The third kappa shape index (κ3) is 4.38. The second kappa shape index (κ2) is 7.28. The van der Waals surface area contributed by atoms with E-state index in [9.17, 15) is 4.39 Å². The van der Waals surface area contributed by atoms with Crippen molar-refractivity contribution in [1.82, 2.24) is 20.4 Å². The Hall–Kier alpha value is -2.37. The molecule has 106 valence electrons. The quantitative estimate of drug-likeness (QED) is 0.640. The number of nitrogens with one attached hydrogen (secondary N) is 2. The summed E-state index contributed by atoms with van der Waals surface area (Å²) < 4.78 is 14.9. The zero-order valence-corrected chi connectivity index (χ0v) is 11.4. The molecule has 0 saturated carbocycles. The maximum atomic E-state index is 13.0. The van der Waals surface area contributed by atoms with E-state index in [4.69, 9.17) is 0 Å². The fourth-order valence-electron chi connectivity index (χ4n) is 1.77. The summed E-state index contributed by atoms with van der Waals surface area (Å²) in [4.78, 5) is 4.12. The molecule has 0 atom stereocenters. The van der Waals surface area contributed by atoms with Crippen molar-refractivity contribution in [2.24, 2.45) is 4.99 Å². The number of nitrogens with zero attached hydrogens (tertiary/aromatic N) is 3. The van der Waals surface area contributed by atoms with Gasteiger partial charge in [0.25, 0.3) is 0 Å². The molecule has 0 spiro atoms. The normalized spacial score (nSPS) is 11.4. The summed E-state index contributed by atoms with van der Waals surface area (Å²) in [7, 11) is 1.70. The molecule has 6 heteroatoms. The Bertz CT molecular complexity index is 550. The molecule has 0 aliphatic rings. The lowest BCUT2D eigenvalue weighted by Crippen LogP contribution is -2.38. The molecule has 2 rings (SSSR count). The van der Waals surface area contributed by atoms with Crippen LogP contribution in [0.25, 0.3) is 0 Å². The van der Waals surface area contributed by atoms with E-state index in [0.717, 1.165) is 12.1 Å². The molecule has 0 radical (unpaired) electrons. The number of aromatic nitrogens is 2. The van der Waals surface area contributed by atoms with E-state index in [0.29, 0.717) is 19.0 Å². The Balaban J connectivity index is 1.75. The van der Waals surface area contributed by atoms with Crippen molar-refractivity contribution in [3.05, 3.63) is 54.1 Å². The van der Waals surface area contributed by atoms with Crippen molar-refractivity contribution in [3.8, 4) is 0 Å². The fourth-order valence-corrected chi connectivity index (χ4v) is 1.77. The van der Waals surface area contributed by atoms with E-state index >= 15 is 0 Å². The lowest BCUT2D eigenvalue weighted by molar-refractivity contribution is 0.597. The van der Waals surface area contributed by atoms with E-state index in [1.54, 1.807) is 19.3 Å². The van der Waals surface area contributed by atoms with E-state index in [1.165, 1.54) is 12.1 Å². The van der Waals surface area contributed by atoms with Crippen LogP contribution in [0.3, 0.4) is 0 Å². The van der Waals surface area contributed by atoms with Gasteiger partial charge in [0.05, 0.1) is 6.54 Å². The van der Waals surface area contributed by atoms with Crippen LogP contribution < -0.4 is 10.6 Å². The molecule has 1 aromatic heterocycles. The van der Waals surface area contributed by atoms with Crippen molar-refractivity contribution in [3.63, 3.8) is 0 Å². The number of aliphatic imine (C=N–C) groups is 1. The minimum absolute atomic E-state index is 0.231. The lowest BCUT2D eigenvalue weighted by Gasteiger charge is -2.12. The highest BCUT2D eigenvalue weighted by molar-refractivity contribution is 5.79. The first-order valence-electron chi connectivity index (χ1n) is 6.44. The molecule has 2 N–H and O–H groups in total. The summed E-state index contributed by atoms with van der Waals surface area (Å²) in [6, 6.07) is 8.38. The molecular weight excluding hydrogens is 257 g/mol. The van der Waals surface area contributed by atoms with Crippen LogP contribution >= 0.6 is 0 Å². The highest BCUT2D eigenvalue weighted by atomic mass is 19.1. The predicted molar refractivity (Wildman–Crippen MR) is 76.8 cm³/mol. The highest BCUT2D eigenvalue weighted by Crippen LogP contribution is 2.02. The fraction of sp³-hybridized carbons (Fsp3) is 0.286. The van der Waals surface area contributed by atoms with Crippen LogP contribution in [0.5, 0.6) is 0 Å². The number of benzene rings is 1. The number of rotatable bonds is 5. The summed E-state index contributed by atoms with van der Waals surface area (Å²) >= 11 is 0. The maximum Gasteiger partial charge on any atom is 0.191 e. The largest absolute Gasteiger partial charge is 0.355 e. The van der Waals surface area contributed by atoms with E-state index < -0.39 is 0 Å². The summed E-state index contributed by atoms with van der Waals surface area (Å²) in [6.07, 6.45) is 3.65. The Morgan fingerprint density at radius 2 is 2.25 bits per heavy atom. The average Bonchev–Trinajstić information content (AvgIpc) is 2.96. The summed E-state index contributed by atoms with van der Waals surface area (Å²) in [5, 5.41) is 10.4. The van der Waals surface area contributed by atoms with Gasteiger partial charge >= 0.3 is 0 Å². The molecule has 1 aromatic carbocycles. The van der Waals surface area contributed by atoms with Crippen LogP contribution in [0.2, 0.25) is 0 Å². The van der Waals surface area contributed by atoms with Gasteiger partial charge in [-0.2, -0.15) is 5.10 Å². The minimum Gasteiger partial charge on any atom is -0.355 e. The number of halogens is 1. The summed E-state index contributed by atoms with van der Waals surface area (Å²) in [6.45, 7) is 2.00. The van der Waals surface area contributed by atoms with Crippen molar-refractivity contribution in [1.29, 1.82) is 0 Å². The third-order valence-electron chi connectivity index (χ3n) is 2.77. The Morgan fingerprint density at radius 1 is 1.35 bits per heavy atom. The van der Waals surface area contributed by atoms with E-state index in [1.807, 2.05) is 23.0 Å².